The van der Waals surface area contributed by atoms with Gasteiger partial charge in [-0.1, -0.05) is 24.3 Å². The molecule has 1 aliphatic rings. The van der Waals surface area contributed by atoms with Crippen LogP contribution in [0.25, 0.3) is 5.65 Å². The zero-order chi connectivity index (χ0) is 23.5. The van der Waals surface area contributed by atoms with Crippen LogP contribution >= 0.6 is 0 Å². The molecule has 1 saturated heterocycles. The Hall–Kier alpha value is -3.66. The van der Waals surface area contributed by atoms with E-state index in [0.717, 1.165) is 49.6 Å². The van der Waals surface area contributed by atoms with E-state index in [1.807, 2.05) is 28.8 Å². The van der Waals surface area contributed by atoms with Gasteiger partial charge in [-0.2, -0.15) is 0 Å². The van der Waals surface area contributed by atoms with Crippen LogP contribution in [0.15, 0.2) is 65.3 Å². The maximum Gasteiger partial charge on any atom is 0.202 e. The first kappa shape index (κ1) is 22.1. The molecular weight excluding hydrogens is 424 g/mol. The van der Waals surface area contributed by atoms with Gasteiger partial charge in [0.15, 0.2) is 11.5 Å². The van der Waals surface area contributed by atoms with Crippen molar-refractivity contribution in [1.82, 2.24) is 19.2 Å². The highest BCUT2D eigenvalue weighted by molar-refractivity contribution is 5.95. The summed E-state index contributed by atoms with van der Waals surface area (Å²) in [5, 5.41) is 0. The molecular formula is C28H28N4O2. The molecule has 5 rings (SSSR count). The predicted octanol–water partition coefficient (Wildman–Crippen LogP) is 3.81. The maximum atomic E-state index is 12.8. The zero-order valence-corrected chi connectivity index (χ0v) is 19.6. The molecule has 1 aromatic carbocycles. The molecule has 0 spiro atoms. The Morgan fingerprint density at radius 1 is 1.06 bits per heavy atom. The highest BCUT2D eigenvalue weighted by atomic mass is 16.3. The number of hydrogen-bond donors (Lipinski definition) is 0. The SMILES string of the molecule is Cc1cc(CC(=O)c2ccc(C#Cc3cnc4ccccn34)o2)ccc1CN1CCN(C)CC1. The Morgan fingerprint density at radius 3 is 2.74 bits per heavy atom. The summed E-state index contributed by atoms with van der Waals surface area (Å²) in [6.45, 7) is 7.50. The van der Waals surface area contributed by atoms with Crippen LogP contribution in [0, 0.1) is 18.8 Å². The molecule has 1 aliphatic heterocycles. The van der Waals surface area contributed by atoms with Crippen LogP contribution < -0.4 is 0 Å². The smallest absolute Gasteiger partial charge is 0.202 e. The van der Waals surface area contributed by atoms with Gasteiger partial charge in [0.1, 0.15) is 11.3 Å². The Kier molecular flexibility index (Phi) is 6.31. The van der Waals surface area contributed by atoms with E-state index in [1.165, 1.54) is 11.1 Å². The van der Waals surface area contributed by atoms with E-state index in [4.69, 9.17) is 4.42 Å². The second-order valence-corrected chi connectivity index (χ2v) is 8.93. The number of rotatable bonds is 5. The normalized spacial score (nSPS) is 14.8. The zero-order valence-electron chi connectivity index (χ0n) is 19.6. The van der Waals surface area contributed by atoms with E-state index in [1.54, 1.807) is 18.3 Å². The van der Waals surface area contributed by atoms with Crippen molar-refractivity contribution in [2.75, 3.05) is 33.2 Å². The Balaban J connectivity index is 1.23. The number of aryl methyl sites for hydroxylation is 1. The number of furan rings is 1. The molecule has 6 nitrogen and oxygen atoms in total. The summed E-state index contributed by atoms with van der Waals surface area (Å²) in [7, 11) is 2.17. The summed E-state index contributed by atoms with van der Waals surface area (Å²) in [4.78, 5) is 22.0. The number of nitrogens with zero attached hydrogens (tertiary/aromatic N) is 4. The van der Waals surface area contributed by atoms with Crippen molar-refractivity contribution in [2.45, 2.75) is 19.9 Å². The predicted molar refractivity (Wildman–Crippen MR) is 132 cm³/mol. The van der Waals surface area contributed by atoms with Crippen LogP contribution in [-0.2, 0) is 13.0 Å². The number of aromatic nitrogens is 2. The van der Waals surface area contributed by atoms with Gasteiger partial charge in [0.25, 0.3) is 0 Å². The lowest BCUT2D eigenvalue weighted by atomic mass is 10.0. The number of fused-ring (bicyclic) bond motifs is 1. The van der Waals surface area contributed by atoms with Crippen molar-refractivity contribution in [1.29, 1.82) is 0 Å². The third kappa shape index (κ3) is 4.96. The molecule has 0 N–H and O–H groups in total. The quantitative estimate of drug-likeness (QED) is 0.341. The third-order valence-corrected chi connectivity index (χ3v) is 6.37. The third-order valence-electron chi connectivity index (χ3n) is 6.37. The number of Topliss-reactive ketones (excluding diaryl/α,β-unsaturated/α-hetero) is 1. The van der Waals surface area contributed by atoms with Crippen molar-refractivity contribution in [3.8, 4) is 11.8 Å². The second kappa shape index (κ2) is 9.68. The van der Waals surface area contributed by atoms with Gasteiger partial charge in [0, 0.05) is 45.3 Å². The van der Waals surface area contributed by atoms with Gasteiger partial charge in [0.2, 0.25) is 5.78 Å². The van der Waals surface area contributed by atoms with E-state index in [0.29, 0.717) is 17.9 Å². The van der Waals surface area contributed by atoms with Gasteiger partial charge in [0.05, 0.1) is 6.20 Å². The fourth-order valence-electron chi connectivity index (χ4n) is 4.27. The molecule has 0 saturated carbocycles. The molecule has 0 unspecified atom stereocenters. The van der Waals surface area contributed by atoms with Gasteiger partial charge in [-0.05, 0) is 66.8 Å². The molecule has 4 heterocycles. The average Bonchev–Trinajstić information content (AvgIpc) is 3.48. The number of likely N-dealkylation sites (N-methyl/N-ethyl adjacent to an activating group) is 1. The number of pyridine rings is 1. The van der Waals surface area contributed by atoms with Crippen molar-refractivity contribution in [2.24, 2.45) is 0 Å². The van der Waals surface area contributed by atoms with Crippen LogP contribution in [0.5, 0.6) is 0 Å². The average molecular weight is 453 g/mol. The lowest BCUT2D eigenvalue weighted by Gasteiger charge is -2.32. The van der Waals surface area contributed by atoms with Crippen molar-refractivity contribution < 1.29 is 9.21 Å². The van der Waals surface area contributed by atoms with E-state index in [9.17, 15) is 4.79 Å². The molecule has 0 radical (unpaired) electrons. The number of benzene rings is 1. The van der Waals surface area contributed by atoms with Gasteiger partial charge in [-0.25, -0.2) is 4.98 Å². The minimum atomic E-state index is -0.0472. The van der Waals surface area contributed by atoms with Crippen LogP contribution in [0.2, 0.25) is 0 Å². The van der Waals surface area contributed by atoms with Crippen LogP contribution in [0.3, 0.4) is 0 Å². The number of piperazine rings is 1. The molecule has 0 aliphatic carbocycles. The fourth-order valence-corrected chi connectivity index (χ4v) is 4.27. The molecule has 0 amide bonds. The summed E-state index contributed by atoms with van der Waals surface area (Å²) in [5.41, 5.74) is 5.16. The molecule has 6 heteroatoms. The molecule has 172 valence electrons. The lowest BCUT2D eigenvalue weighted by molar-refractivity contribution is 0.0966. The monoisotopic (exact) mass is 452 g/mol. The Bertz CT molecular complexity index is 1380. The molecule has 1 fully saturated rings. The topological polar surface area (TPSA) is 54.0 Å². The second-order valence-electron chi connectivity index (χ2n) is 8.93. The summed E-state index contributed by atoms with van der Waals surface area (Å²) < 4.78 is 7.64. The first-order chi connectivity index (χ1) is 16.5. The number of carbonyl (C=O) groups is 1. The van der Waals surface area contributed by atoms with Gasteiger partial charge >= 0.3 is 0 Å². The number of hydrogen-bond acceptors (Lipinski definition) is 5. The summed E-state index contributed by atoms with van der Waals surface area (Å²) in [6, 6.07) is 15.6. The molecule has 3 aromatic heterocycles. The van der Waals surface area contributed by atoms with Crippen molar-refractivity contribution in [3.63, 3.8) is 0 Å². The first-order valence-electron chi connectivity index (χ1n) is 11.6. The number of carbonyl (C=O) groups excluding carboxylic acids is 1. The highest BCUT2D eigenvalue weighted by Crippen LogP contribution is 2.17. The van der Waals surface area contributed by atoms with Gasteiger partial charge in [-0.15, -0.1) is 0 Å². The summed E-state index contributed by atoms with van der Waals surface area (Å²) in [5.74, 6) is 6.83. The first-order valence-corrected chi connectivity index (χ1v) is 11.6. The van der Waals surface area contributed by atoms with Crippen LogP contribution in [-0.4, -0.2) is 58.2 Å². The summed E-state index contributed by atoms with van der Waals surface area (Å²) in [6.07, 6.45) is 3.96. The van der Waals surface area contributed by atoms with E-state index >= 15 is 0 Å². The minimum Gasteiger partial charge on any atom is -0.445 e. The number of imidazole rings is 1. The van der Waals surface area contributed by atoms with E-state index in [-0.39, 0.29) is 5.78 Å². The van der Waals surface area contributed by atoms with Crippen molar-refractivity contribution >= 4 is 11.4 Å². The van der Waals surface area contributed by atoms with E-state index in [2.05, 4.69) is 58.8 Å². The standard InChI is InChI=1S/C28H28N4O2/c1-21-17-22(6-7-23(21)20-31-15-13-30(2)14-16-31)18-26(33)27-11-10-25(34-27)9-8-24-19-29-28-5-3-4-12-32(24)28/h3-7,10-12,17,19H,13-16,18,20H2,1-2H3. The number of ketones is 1. The minimum absolute atomic E-state index is 0.0472. The molecule has 0 atom stereocenters. The highest BCUT2D eigenvalue weighted by Gasteiger charge is 2.16. The lowest BCUT2D eigenvalue weighted by Crippen LogP contribution is -2.43. The molecule has 34 heavy (non-hydrogen) atoms. The van der Waals surface area contributed by atoms with Crippen LogP contribution in [0.4, 0.5) is 0 Å². The van der Waals surface area contributed by atoms with Crippen molar-refractivity contribution in [3.05, 3.63) is 94.8 Å². The Morgan fingerprint density at radius 2 is 1.91 bits per heavy atom. The van der Waals surface area contributed by atoms with Gasteiger partial charge < -0.3 is 9.32 Å². The Labute approximate surface area is 199 Å². The largest absolute Gasteiger partial charge is 0.445 e. The van der Waals surface area contributed by atoms with Gasteiger partial charge in [-0.3, -0.25) is 14.1 Å². The fraction of sp³-hybridized carbons (Fsp3) is 0.286. The van der Waals surface area contributed by atoms with E-state index < -0.39 is 0 Å². The summed E-state index contributed by atoms with van der Waals surface area (Å²) >= 11 is 0. The van der Waals surface area contributed by atoms with Crippen LogP contribution in [0.1, 0.15) is 38.7 Å². The molecule has 4 aromatic rings. The maximum absolute atomic E-state index is 12.8. The molecule has 0 bridgehead atoms.